The summed E-state index contributed by atoms with van der Waals surface area (Å²) in [6.45, 7) is 2.05. The first kappa shape index (κ1) is 11.6. The third kappa shape index (κ3) is 2.51. The maximum atomic E-state index is 11.6. The Morgan fingerprint density at radius 1 is 1.60 bits per heavy atom. The highest BCUT2D eigenvalue weighted by Gasteiger charge is 2.16. The molecule has 0 amide bonds. The Hall–Kier alpha value is -1.47. The number of carbonyl (C=O) groups excluding carboxylic acids is 1. The van der Waals surface area contributed by atoms with Crippen molar-refractivity contribution in [3.63, 3.8) is 0 Å². The quantitative estimate of drug-likeness (QED) is 0.581. The highest BCUT2D eigenvalue weighted by molar-refractivity contribution is 7.98. The van der Waals surface area contributed by atoms with Crippen LogP contribution in [0, 0.1) is 11.3 Å². The molecule has 0 saturated carbocycles. The minimum atomic E-state index is -0.431. The molecule has 0 aromatic heterocycles. The van der Waals surface area contributed by atoms with E-state index in [9.17, 15) is 4.79 Å². The summed E-state index contributed by atoms with van der Waals surface area (Å²) in [5.74, 6) is -0.431. The van der Waals surface area contributed by atoms with Gasteiger partial charge in [-0.2, -0.15) is 5.26 Å². The lowest BCUT2D eigenvalue weighted by molar-refractivity contribution is 0.0522. The van der Waals surface area contributed by atoms with Crippen molar-refractivity contribution in [1.82, 2.24) is 0 Å². The molecular formula is C11H11NO2S. The van der Waals surface area contributed by atoms with E-state index in [4.69, 9.17) is 10.00 Å². The summed E-state index contributed by atoms with van der Waals surface area (Å²) in [5.41, 5.74) is 0.731. The molecule has 15 heavy (non-hydrogen) atoms. The number of esters is 1. The smallest absolute Gasteiger partial charge is 0.340 e. The number of thioether (sulfide) groups is 1. The minimum absolute atomic E-state index is 0.312. The van der Waals surface area contributed by atoms with Gasteiger partial charge in [-0.05, 0) is 25.3 Å². The molecule has 1 rings (SSSR count). The first-order chi connectivity index (χ1) is 7.24. The molecule has 78 valence electrons. The van der Waals surface area contributed by atoms with Gasteiger partial charge in [0.1, 0.15) is 6.07 Å². The van der Waals surface area contributed by atoms with Crippen LogP contribution in [-0.4, -0.2) is 18.8 Å². The van der Waals surface area contributed by atoms with Crippen LogP contribution in [0.15, 0.2) is 23.1 Å². The molecule has 1 aromatic rings. The normalized spacial score (nSPS) is 9.40. The van der Waals surface area contributed by atoms with Gasteiger partial charge in [-0.15, -0.1) is 11.8 Å². The van der Waals surface area contributed by atoms with Gasteiger partial charge in [-0.1, -0.05) is 6.07 Å². The Morgan fingerprint density at radius 2 is 2.33 bits per heavy atom. The summed E-state index contributed by atoms with van der Waals surface area (Å²) in [5, 5.41) is 8.89. The van der Waals surface area contributed by atoms with Crippen LogP contribution in [0.2, 0.25) is 0 Å². The van der Waals surface area contributed by atoms with Crippen molar-refractivity contribution in [3.8, 4) is 6.07 Å². The fourth-order valence-electron chi connectivity index (χ4n) is 1.21. The molecule has 0 heterocycles. The Labute approximate surface area is 93.0 Å². The van der Waals surface area contributed by atoms with Gasteiger partial charge in [-0.25, -0.2) is 4.79 Å². The number of nitriles is 1. The second-order valence-corrected chi connectivity index (χ2v) is 3.56. The van der Waals surface area contributed by atoms with E-state index in [1.807, 2.05) is 12.3 Å². The van der Waals surface area contributed by atoms with Crippen LogP contribution in [0.3, 0.4) is 0 Å². The molecule has 0 aliphatic carbocycles. The molecule has 0 radical (unpaired) electrons. The Balaban J connectivity index is 3.23. The van der Waals surface area contributed by atoms with Crippen LogP contribution in [0.25, 0.3) is 0 Å². The number of carbonyl (C=O) groups is 1. The summed E-state index contributed by atoms with van der Waals surface area (Å²) in [6.07, 6.45) is 1.86. The molecule has 0 saturated heterocycles. The highest BCUT2D eigenvalue weighted by atomic mass is 32.2. The van der Waals surface area contributed by atoms with Gasteiger partial charge < -0.3 is 4.74 Å². The van der Waals surface area contributed by atoms with Crippen LogP contribution < -0.4 is 0 Å². The van der Waals surface area contributed by atoms with E-state index in [2.05, 4.69) is 0 Å². The Bertz CT molecular complexity index is 410. The molecule has 0 spiro atoms. The standard InChI is InChI=1S/C11H11NO2S/c1-3-14-11(13)10-8(7-12)5-4-6-9(10)15-2/h4-6H,3H2,1-2H3. The molecule has 3 nitrogen and oxygen atoms in total. The van der Waals surface area contributed by atoms with E-state index in [1.165, 1.54) is 11.8 Å². The maximum Gasteiger partial charge on any atom is 0.340 e. The number of hydrogen-bond donors (Lipinski definition) is 0. The minimum Gasteiger partial charge on any atom is -0.462 e. The van der Waals surface area contributed by atoms with Gasteiger partial charge in [0, 0.05) is 4.90 Å². The number of hydrogen-bond acceptors (Lipinski definition) is 4. The fourth-order valence-corrected chi connectivity index (χ4v) is 1.82. The van der Waals surface area contributed by atoms with Crippen molar-refractivity contribution < 1.29 is 9.53 Å². The zero-order valence-corrected chi connectivity index (χ0v) is 9.43. The molecule has 0 unspecified atom stereocenters. The molecule has 1 aromatic carbocycles. The van der Waals surface area contributed by atoms with Gasteiger partial charge in [0.15, 0.2) is 0 Å². The molecule has 0 aliphatic heterocycles. The van der Waals surface area contributed by atoms with E-state index < -0.39 is 5.97 Å². The number of benzene rings is 1. The maximum absolute atomic E-state index is 11.6. The summed E-state index contributed by atoms with van der Waals surface area (Å²) in [7, 11) is 0. The second-order valence-electron chi connectivity index (χ2n) is 2.72. The highest BCUT2D eigenvalue weighted by Crippen LogP contribution is 2.23. The Kier molecular flexibility index (Phi) is 4.19. The zero-order chi connectivity index (χ0) is 11.3. The van der Waals surface area contributed by atoms with Crippen molar-refractivity contribution >= 4 is 17.7 Å². The molecule has 0 bridgehead atoms. The van der Waals surface area contributed by atoms with Crippen LogP contribution in [0.5, 0.6) is 0 Å². The average Bonchev–Trinajstić information content (AvgIpc) is 2.28. The first-order valence-corrected chi connectivity index (χ1v) is 5.71. The van der Waals surface area contributed by atoms with E-state index in [1.54, 1.807) is 25.1 Å². The lowest BCUT2D eigenvalue weighted by atomic mass is 10.1. The number of ether oxygens (including phenoxy) is 1. The molecule has 0 atom stereocenters. The Morgan fingerprint density at radius 3 is 2.87 bits per heavy atom. The molecule has 4 heteroatoms. The van der Waals surface area contributed by atoms with Crippen LogP contribution >= 0.6 is 11.8 Å². The summed E-state index contributed by atoms with van der Waals surface area (Å²) < 4.78 is 4.91. The lowest BCUT2D eigenvalue weighted by Gasteiger charge is -2.07. The third-order valence-electron chi connectivity index (χ3n) is 1.85. The van der Waals surface area contributed by atoms with Gasteiger partial charge in [0.25, 0.3) is 0 Å². The monoisotopic (exact) mass is 221 g/mol. The topological polar surface area (TPSA) is 50.1 Å². The van der Waals surface area contributed by atoms with Crippen molar-refractivity contribution in [1.29, 1.82) is 5.26 Å². The predicted octanol–water partition coefficient (Wildman–Crippen LogP) is 2.46. The molecule has 0 fully saturated rings. The lowest BCUT2D eigenvalue weighted by Crippen LogP contribution is -2.08. The predicted molar refractivity (Wildman–Crippen MR) is 58.9 cm³/mol. The number of rotatable bonds is 3. The van der Waals surface area contributed by atoms with Gasteiger partial charge in [-0.3, -0.25) is 0 Å². The second kappa shape index (κ2) is 5.42. The van der Waals surface area contributed by atoms with Crippen molar-refractivity contribution in [2.24, 2.45) is 0 Å². The largest absolute Gasteiger partial charge is 0.462 e. The van der Waals surface area contributed by atoms with E-state index in [-0.39, 0.29) is 0 Å². The molecular weight excluding hydrogens is 210 g/mol. The van der Waals surface area contributed by atoms with Gasteiger partial charge in [0.05, 0.1) is 17.7 Å². The van der Waals surface area contributed by atoms with Crippen molar-refractivity contribution in [2.75, 3.05) is 12.9 Å². The molecule has 0 aliphatic rings. The number of nitrogens with zero attached hydrogens (tertiary/aromatic N) is 1. The zero-order valence-electron chi connectivity index (χ0n) is 8.61. The van der Waals surface area contributed by atoms with Crippen molar-refractivity contribution in [2.45, 2.75) is 11.8 Å². The van der Waals surface area contributed by atoms with Crippen LogP contribution in [0.1, 0.15) is 22.8 Å². The van der Waals surface area contributed by atoms with E-state index in [0.717, 1.165) is 4.90 Å². The van der Waals surface area contributed by atoms with E-state index in [0.29, 0.717) is 17.7 Å². The SMILES string of the molecule is CCOC(=O)c1c(C#N)cccc1SC. The first-order valence-electron chi connectivity index (χ1n) is 4.48. The summed E-state index contributed by atoms with van der Waals surface area (Å²) >= 11 is 1.43. The third-order valence-corrected chi connectivity index (χ3v) is 2.63. The summed E-state index contributed by atoms with van der Waals surface area (Å²) in [4.78, 5) is 12.4. The van der Waals surface area contributed by atoms with Gasteiger partial charge >= 0.3 is 5.97 Å². The van der Waals surface area contributed by atoms with Gasteiger partial charge in [0.2, 0.25) is 0 Å². The summed E-state index contributed by atoms with van der Waals surface area (Å²) in [6, 6.07) is 7.17. The van der Waals surface area contributed by atoms with Crippen molar-refractivity contribution in [3.05, 3.63) is 29.3 Å². The van der Waals surface area contributed by atoms with E-state index >= 15 is 0 Å². The molecule has 0 N–H and O–H groups in total. The van der Waals surface area contributed by atoms with Crippen LogP contribution in [-0.2, 0) is 4.74 Å². The van der Waals surface area contributed by atoms with Crippen LogP contribution in [0.4, 0.5) is 0 Å². The fraction of sp³-hybridized carbons (Fsp3) is 0.273. The average molecular weight is 221 g/mol.